The second-order valence-corrected chi connectivity index (χ2v) is 7.23. The van der Waals surface area contributed by atoms with Gasteiger partial charge >= 0.3 is 0 Å². The van der Waals surface area contributed by atoms with Crippen LogP contribution in [-0.4, -0.2) is 66.1 Å². The number of hydrogen-bond donors (Lipinski definition) is 4. The Bertz CT molecular complexity index is 776. The SMILES string of the molecule is C=CNc1nc(N/C(C=N)=C(\C)NC2CCN(C3COC3)C2)nc(OCC)c1C. The molecule has 0 bridgehead atoms. The normalized spacial score (nSPS) is 20.4. The van der Waals surface area contributed by atoms with Crippen molar-refractivity contribution in [1.29, 1.82) is 5.41 Å². The molecule has 1 aromatic heterocycles. The van der Waals surface area contributed by atoms with Gasteiger partial charge in [-0.2, -0.15) is 9.97 Å². The van der Waals surface area contributed by atoms with E-state index in [1.807, 2.05) is 20.8 Å². The summed E-state index contributed by atoms with van der Waals surface area (Å²) in [5, 5.41) is 17.5. The molecular weight excluding hydrogens is 370 g/mol. The van der Waals surface area contributed by atoms with E-state index in [9.17, 15) is 0 Å². The van der Waals surface area contributed by atoms with Crippen molar-refractivity contribution in [1.82, 2.24) is 20.2 Å². The van der Waals surface area contributed by atoms with E-state index in [4.69, 9.17) is 14.9 Å². The van der Waals surface area contributed by atoms with E-state index in [0.717, 1.165) is 44.0 Å². The summed E-state index contributed by atoms with van der Waals surface area (Å²) in [6, 6.07) is 0.906. The zero-order valence-corrected chi connectivity index (χ0v) is 17.4. The van der Waals surface area contributed by atoms with Crippen molar-refractivity contribution in [3.05, 3.63) is 29.7 Å². The first kappa shape index (κ1) is 21.1. The van der Waals surface area contributed by atoms with Crippen molar-refractivity contribution >= 4 is 18.0 Å². The molecular formula is C20H31N7O2. The van der Waals surface area contributed by atoms with Crippen LogP contribution in [0.15, 0.2) is 24.2 Å². The highest BCUT2D eigenvalue weighted by molar-refractivity contribution is 5.81. The number of hydrogen-bond acceptors (Lipinski definition) is 9. The predicted molar refractivity (Wildman–Crippen MR) is 115 cm³/mol. The molecule has 0 aromatic carbocycles. The van der Waals surface area contributed by atoms with E-state index in [1.165, 1.54) is 6.21 Å². The number of ether oxygens (including phenoxy) is 2. The molecule has 2 aliphatic rings. The summed E-state index contributed by atoms with van der Waals surface area (Å²) in [4.78, 5) is 11.4. The minimum atomic E-state index is 0.350. The molecule has 1 atom stereocenters. The first-order valence-corrected chi connectivity index (χ1v) is 10.0. The molecule has 1 aromatic rings. The maximum atomic E-state index is 7.84. The molecule has 29 heavy (non-hydrogen) atoms. The molecule has 9 nitrogen and oxygen atoms in total. The van der Waals surface area contributed by atoms with Gasteiger partial charge in [0.05, 0.1) is 37.1 Å². The predicted octanol–water partition coefficient (Wildman–Crippen LogP) is 2.09. The second kappa shape index (κ2) is 9.71. The van der Waals surface area contributed by atoms with Gasteiger partial charge in [0.15, 0.2) is 0 Å². The number of rotatable bonds is 10. The Morgan fingerprint density at radius 1 is 1.41 bits per heavy atom. The number of aromatic nitrogens is 2. The van der Waals surface area contributed by atoms with Crippen LogP contribution in [0.4, 0.5) is 11.8 Å². The monoisotopic (exact) mass is 401 g/mol. The fourth-order valence-electron chi connectivity index (χ4n) is 3.48. The number of anilines is 2. The molecule has 0 aliphatic carbocycles. The summed E-state index contributed by atoms with van der Waals surface area (Å²) in [5.74, 6) is 1.48. The summed E-state index contributed by atoms with van der Waals surface area (Å²) in [6.07, 6.45) is 3.91. The summed E-state index contributed by atoms with van der Waals surface area (Å²) < 4.78 is 10.9. The lowest BCUT2D eigenvalue weighted by Gasteiger charge is -2.34. The fraction of sp³-hybridized carbons (Fsp3) is 0.550. The Morgan fingerprint density at radius 2 is 2.21 bits per heavy atom. The van der Waals surface area contributed by atoms with Gasteiger partial charge in [-0.1, -0.05) is 6.58 Å². The van der Waals surface area contributed by atoms with Crippen molar-refractivity contribution in [2.75, 3.05) is 43.5 Å². The lowest BCUT2D eigenvalue weighted by Crippen LogP contribution is -2.48. The molecule has 4 N–H and O–H groups in total. The number of allylic oxidation sites excluding steroid dienone is 2. The van der Waals surface area contributed by atoms with Gasteiger partial charge < -0.3 is 30.8 Å². The summed E-state index contributed by atoms with van der Waals surface area (Å²) in [7, 11) is 0. The van der Waals surface area contributed by atoms with Crippen LogP contribution in [0.2, 0.25) is 0 Å². The highest BCUT2D eigenvalue weighted by Crippen LogP contribution is 2.25. The number of nitrogens with one attached hydrogen (secondary N) is 4. The Balaban J connectivity index is 1.72. The van der Waals surface area contributed by atoms with Crippen LogP contribution in [0.5, 0.6) is 5.88 Å². The molecule has 9 heteroatoms. The van der Waals surface area contributed by atoms with Crippen LogP contribution in [0.25, 0.3) is 0 Å². The Kier molecular flexibility index (Phi) is 7.05. The Labute approximate surface area is 172 Å². The molecule has 2 saturated heterocycles. The van der Waals surface area contributed by atoms with Gasteiger partial charge in [-0.25, -0.2) is 0 Å². The third kappa shape index (κ3) is 5.04. The van der Waals surface area contributed by atoms with Crippen LogP contribution >= 0.6 is 0 Å². The van der Waals surface area contributed by atoms with Crippen LogP contribution in [0.1, 0.15) is 25.8 Å². The summed E-state index contributed by atoms with van der Waals surface area (Å²) >= 11 is 0. The third-order valence-corrected chi connectivity index (χ3v) is 5.19. The molecule has 0 spiro atoms. The minimum absolute atomic E-state index is 0.350. The maximum Gasteiger partial charge on any atom is 0.232 e. The average Bonchev–Trinajstić information content (AvgIpc) is 3.09. The smallest absolute Gasteiger partial charge is 0.232 e. The van der Waals surface area contributed by atoms with Gasteiger partial charge in [-0.3, -0.25) is 4.90 Å². The molecule has 3 rings (SSSR count). The highest BCUT2D eigenvalue weighted by Gasteiger charge is 2.32. The zero-order chi connectivity index (χ0) is 20.8. The van der Waals surface area contributed by atoms with E-state index in [1.54, 1.807) is 6.20 Å². The molecule has 158 valence electrons. The van der Waals surface area contributed by atoms with Crippen LogP contribution in [0.3, 0.4) is 0 Å². The fourth-order valence-corrected chi connectivity index (χ4v) is 3.48. The van der Waals surface area contributed by atoms with Crippen molar-refractivity contribution in [2.24, 2.45) is 0 Å². The minimum Gasteiger partial charge on any atom is -0.478 e. The van der Waals surface area contributed by atoms with Crippen LogP contribution < -0.4 is 20.7 Å². The van der Waals surface area contributed by atoms with Gasteiger partial charge in [0.2, 0.25) is 11.8 Å². The molecule has 1 unspecified atom stereocenters. The third-order valence-electron chi connectivity index (χ3n) is 5.19. The first-order valence-electron chi connectivity index (χ1n) is 10.0. The molecule has 3 heterocycles. The average molecular weight is 402 g/mol. The van der Waals surface area contributed by atoms with E-state index >= 15 is 0 Å². The number of likely N-dealkylation sites (tertiary alicyclic amines) is 1. The topological polar surface area (TPSA) is 107 Å². The van der Waals surface area contributed by atoms with Gasteiger partial charge in [0.1, 0.15) is 5.82 Å². The van der Waals surface area contributed by atoms with Gasteiger partial charge in [-0.05, 0) is 33.4 Å². The molecule has 2 aliphatic heterocycles. The van der Waals surface area contributed by atoms with E-state index in [-0.39, 0.29) is 0 Å². The van der Waals surface area contributed by atoms with Crippen molar-refractivity contribution in [3.63, 3.8) is 0 Å². The largest absolute Gasteiger partial charge is 0.478 e. The molecule has 0 amide bonds. The van der Waals surface area contributed by atoms with Crippen molar-refractivity contribution in [3.8, 4) is 5.88 Å². The molecule has 0 radical (unpaired) electrons. The first-order chi connectivity index (χ1) is 14.0. The van der Waals surface area contributed by atoms with Gasteiger partial charge in [0, 0.05) is 31.0 Å². The Morgan fingerprint density at radius 3 is 2.83 bits per heavy atom. The van der Waals surface area contributed by atoms with E-state index in [2.05, 4.69) is 37.4 Å². The summed E-state index contributed by atoms with van der Waals surface area (Å²) in [5.41, 5.74) is 2.31. The standard InChI is InChI=1S/C20H31N7O2/c1-5-22-18-13(3)19(29-6-2)26-20(25-18)24-17(9-21)14(4)23-15-7-8-27(10-15)16-11-28-12-16/h5,9,15-16,21,23H,1,6-8,10-12H2,2-4H3,(H2,22,24,25,26)/b17-14+,21-9?. The summed E-state index contributed by atoms with van der Waals surface area (Å²) in [6.45, 7) is 13.7. The van der Waals surface area contributed by atoms with E-state index in [0.29, 0.717) is 42.0 Å². The van der Waals surface area contributed by atoms with Crippen molar-refractivity contribution in [2.45, 2.75) is 39.3 Å². The van der Waals surface area contributed by atoms with Gasteiger partial charge in [-0.15, -0.1) is 0 Å². The molecule has 2 fully saturated rings. The van der Waals surface area contributed by atoms with Crippen molar-refractivity contribution < 1.29 is 9.47 Å². The number of nitrogens with zero attached hydrogens (tertiary/aromatic N) is 3. The Hall–Kier alpha value is -2.65. The quantitative estimate of drug-likeness (QED) is 0.442. The highest BCUT2D eigenvalue weighted by atomic mass is 16.5. The lowest BCUT2D eigenvalue weighted by molar-refractivity contribution is -0.0574. The maximum absolute atomic E-state index is 7.84. The van der Waals surface area contributed by atoms with Crippen LogP contribution in [-0.2, 0) is 4.74 Å². The lowest BCUT2D eigenvalue weighted by atomic mass is 10.2. The van der Waals surface area contributed by atoms with E-state index < -0.39 is 0 Å². The second-order valence-electron chi connectivity index (χ2n) is 7.23. The van der Waals surface area contributed by atoms with Gasteiger partial charge in [0.25, 0.3) is 0 Å². The molecule has 0 saturated carbocycles. The zero-order valence-electron chi connectivity index (χ0n) is 17.4. The van der Waals surface area contributed by atoms with Crippen LogP contribution in [0, 0.1) is 12.3 Å².